The van der Waals surface area contributed by atoms with E-state index in [0.29, 0.717) is 21.3 Å². The van der Waals surface area contributed by atoms with Gasteiger partial charge in [0.15, 0.2) is 12.5 Å². The molecule has 0 aliphatic heterocycles. The van der Waals surface area contributed by atoms with Crippen molar-refractivity contribution in [2.75, 3.05) is 14.1 Å². The van der Waals surface area contributed by atoms with Gasteiger partial charge in [-0.2, -0.15) is 10.5 Å². The molecule has 10 nitrogen and oxygen atoms in total. The molecule has 2 aromatic heterocycles. The number of nitrogens with one attached hydrogen (secondary N) is 2. The van der Waals surface area contributed by atoms with Crippen molar-refractivity contribution >= 4 is 54.8 Å². The zero-order valence-corrected chi connectivity index (χ0v) is 31.1. The first kappa shape index (κ1) is 37.7. The van der Waals surface area contributed by atoms with Gasteiger partial charge in [0.25, 0.3) is 0 Å². The SMILES string of the molecule is CNC(C[C@H](Oc1cccc2cc(C#N)sc12)c1ccccc1)OC(=O)/C=C/C(=O)OC(C[C@H](Oc1cccc2cc(C#N)sc12)c1ccccc1)NC. The third-order valence-electron chi connectivity index (χ3n) is 8.49. The fourth-order valence-electron chi connectivity index (χ4n) is 5.85. The highest BCUT2D eigenvalue weighted by atomic mass is 32.1. The largest absolute Gasteiger partial charge is 0.484 e. The number of thiophene rings is 2. The lowest BCUT2D eigenvalue weighted by atomic mass is 10.1. The molecule has 4 atom stereocenters. The Hall–Kier alpha value is -6.02. The quantitative estimate of drug-likeness (QED) is 0.0563. The molecule has 54 heavy (non-hydrogen) atoms. The van der Waals surface area contributed by atoms with Crippen molar-refractivity contribution < 1.29 is 28.5 Å². The van der Waals surface area contributed by atoms with Crippen molar-refractivity contribution in [3.63, 3.8) is 0 Å². The fourth-order valence-corrected chi connectivity index (χ4v) is 7.67. The van der Waals surface area contributed by atoms with Crippen LogP contribution >= 0.6 is 22.7 Å². The molecule has 0 aliphatic rings. The lowest BCUT2D eigenvalue weighted by molar-refractivity contribution is -0.148. The zero-order valence-electron chi connectivity index (χ0n) is 29.4. The van der Waals surface area contributed by atoms with E-state index >= 15 is 0 Å². The van der Waals surface area contributed by atoms with E-state index in [9.17, 15) is 20.1 Å². The normalized spacial score (nSPS) is 13.4. The number of nitrogens with zero attached hydrogens (tertiary/aromatic N) is 2. The van der Waals surface area contributed by atoms with Crippen molar-refractivity contribution in [3.8, 4) is 23.6 Å². The summed E-state index contributed by atoms with van der Waals surface area (Å²) < 4.78 is 26.1. The van der Waals surface area contributed by atoms with Crippen LogP contribution in [0, 0.1) is 22.7 Å². The standard InChI is InChI=1S/C42H36N4O6S2/c1-45-37(23-35(27-11-5-3-6-12-27)49-33-17-9-15-29-21-31(25-43)53-41(29)33)51-39(47)19-20-40(48)52-38(46-2)24-36(28-13-7-4-8-14-28)50-34-18-10-16-30-22-32(26-44)54-42(30)34/h3-22,35-38,45-46H,23-24H2,1-2H3/b20-19+/t35-,36-,37?,38?/m0/s1. The predicted molar refractivity (Wildman–Crippen MR) is 209 cm³/mol. The van der Waals surface area contributed by atoms with Crippen LogP contribution in [0.3, 0.4) is 0 Å². The Kier molecular flexibility index (Phi) is 12.7. The molecule has 6 rings (SSSR count). The van der Waals surface area contributed by atoms with Gasteiger partial charge in [0.1, 0.15) is 45.6 Å². The van der Waals surface area contributed by atoms with Crippen molar-refractivity contribution in [1.29, 1.82) is 10.5 Å². The number of hydrogen-bond donors (Lipinski definition) is 2. The minimum absolute atomic E-state index is 0.247. The van der Waals surface area contributed by atoms with E-state index in [2.05, 4.69) is 22.8 Å². The topological polar surface area (TPSA) is 143 Å². The molecular formula is C42H36N4O6S2. The van der Waals surface area contributed by atoms with Gasteiger partial charge in [-0.3, -0.25) is 10.6 Å². The van der Waals surface area contributed by atoms with Crippen LogP contribution in [0.15, 0.2) is 121 Å². The van der Waals surface area contributed by atoms with Gasteiger partial charge < -0.3 is 18.9 Å². The van der Waals surface area contributed by atoms with Gasteiger partial charge >= 0.3 is 11.9 Å². The Morgan fingerprint density at radius 3 is 1.41 bits per heavy atom. The second kappa shape index (κ2) is 18.1. The third kappa shape index (κ3) is 9.50. The number of fused-ring (bicyclic) bond motifs is 2. The average molecular weight is 757 g/mol. The lowest BCUT2D eigenvalue weighted by Crippen LogP contribution is -2.34. The Labute approximate surface area is 320 Å². The van der Waals surface area contributed by atoms with Crippen LogP contribution < -0.4 is 20.1 Å². The molecule has 0 saturated heterocycles. The lowest BCUT2D eigenvalue weighted by Gasteiger charge is -2.25. The molecule has 12 heteroatoms. The van der Waals surface area contributed by atoms with Gasteiger partial charge in [0.2, 0.25) is 0 Å². The molecule has 6 aromatic rings. The number of hydrogen-bond acceptors (Lipinski definition) is 12. The van der Waals surface area contributed by atoms with Gasteiger partial charge in [-0.15, -0.1) is 22.7 Å². The number of nitriles is 2. The van der Waals surface area contributed by atoms with E-state index in [-0.39, 0.29) is 12.8 Å². The first-order valence-electron chi connectivity index (χ1n) is 17.1. The maximum atomic E-state index is 13.0. The van der Waals surface area contributed by atoms with Crippen LogP contribution in [0.25, 0.3) is 20.2 Å². The van der Waals surface area contributed by atoms with Crippen molar-refractivity contribution in [2.24, 2.45) is 0 Å². The summed E-state index contributed by atoms with van der Waals surface area (Å²) in [5.41, 5.74) is 1.74. The van der Waals surface area contributed by atoms with Gasteiger partial charge in [0.05, 0.1) is 9.40 Å². The van der Waals surface area contributed by atoms with E-state index in [4.69, 9.17) is 18.9 Å². The summed E-state index contributed by atoms with van der Waals surface area (Å²) in [6.45, 7) is 0. The predicted octanol–water partition coefficient (Wildman–Crippen LogP) is 8.31. The molecule has 0 bridgehead atoms. The molecule has 2 heterocycles. The molecule has 4 aromatic carbocycles. The Balaban J connectivity index is 1.10. The molecule has 0 saturated carbocycles. The van der Waals surface area contributed by atoms with Crippen molar-refractivity contribution in [2.45, 2.75) is 37.5 Å². The summed E-state index contributed by atoms with van der Waals surface area (Å²) in [5.74, 6) is -0.256. The van der Waals surface area contributed by atoms with E-state index in [1.165, 1.54) is 22.7 Å². The minimum Gasteiger partial charge on any atom is -0.484 e. The minimum atomic E-state index is -0.772. The smallest absolute Gasteiger partial charge is 0.332 e. The molecule has 0 amide bonds. The number of ether oxygens (including phenoxy) is 4. The van der Waals surface area contributed by atoms with Gasteiger partial charge in [0, 0.05) is 25.0 Å². The first-order chi connectivity index (χ1) is 26.4. The summed E-state index contributed by atoms with van der Waals surface area (Å²) in [6.07, 6.45) is -0.0155. The Morgan fingerprint density at radius 1 is 0.630 bits per heavy atom. The average Bonchev–Trinajstić information content (AvgIpc) is 3.85. The number of carbonyl (C=O) groups excluding carboxylic acids is 2. The van der Waals surface area contributed by atoms with Crippen LogP contribution in [0.1, 0.15) is 45.9 Å². The fraction of sp³-hybridized carbons (Fsp3) is 0.190. The molecule has 2 unspecified atom stereocenters. The molecule has 0 aliphatic carbocycles. The summed E-state index contributed by atoms with van der Waals surface area (Å²) in [4.78, 5) is 27.1. The van der Waals surface area contributed by atoms with Crippen LogP contribution in [0.4, 0.5) is 0 Å². The number of benzene rings is 4. The highest BCUT2D eigenvalue weighted by Gasteiger charge is 2.25. The second-order valence-electron chi connectivity index (χ2n) is 12.1. The van der Waals surface area contributed by atoms with E-state index in [1.807, 2.05) is 109 Å². The summed E-state index contributed by atoms with van der Waals surface area (Å²) in [5, 5.41) is 26.7. The molecule has 0 fully saturated rings. The second-order valence-corrected chi connectivity index (χ2v) is 14.2. The van der Waals surface area contributed by atoms with E-state index in [0.717, 1.165) is 43.5 Å². The van der Waals surface area contributed by atoms with Gasteiger partial charge in [-0.05, 0) is 60.3 Å². The molecule has 0 spiro atoms. The Morgan fingerprint density at radius 2 is 1.04 bits per heavy atom. The number of esters is 2. The third-order valence-corrected chi connectivity index (χ3v) is 10.6. The van der Waals surface area contributed by atoms with Crippen molar-refractivity contribution in [3.05, 3.63) is 142 Å². The molecular weight excluding hydrogens is 721 g/mol. The summed E-state index contributed by atoms with van der Waals surface area (Å²) in [7, 11) is 3.34. The zero-order chi connectivity index (χ0) is 37.9. The highest BCUT2D eigenvalue weighted by Crippen LogP contribution is 2.38. The van der Waals surface area contributed by atoms with Crippen LogP contribution in [-0.4, -0.2) is 38.5 Å². The monoisotopic (exact) mass is 756 g/mol. The van der Waals surface area contributed by atoms with Gasteiger partial charge in [-0.1, -0.05) is 84.9 Å². The summed E-state index contributed by atoms with van der Waals surface area (Å²) in [6, 6.07) is 38.5. The molecule has 2 N–H and O–H groups in total. The maximum Gasteiger partial charge on any atom is 0.332 e. The number of rotatable bonds is 16. The van der Waals surface area contributed by atoms with Gasteiger partial charge in [-0.25, -0.2) is 9.59 Å². The van der Waals surface area contributed by atoms with E-state index in [1.54, 1.807) is 14.1 Å². The van der Waals surface area contributed by atoms with Crippen molar-refractivity contribution in [1.82, 2.24) is 10.6 Å². The van der Waals surface area contributed by atoms with Crippen LogP contribution in [-0.2, 0) is 19.1 Å². The first-order valence-corrected chi connectivity index (χ1v) is 18.7. The Bertz CT molecular complexity index is 2160. The van der Waals surface area contributed by atoms with Crippen LogP contribution in [0.2, 0.25) is 0 Å². The maximum absolute atomic E-state index is 13.0. The van der Waals surface area contributed by atoms with Crippen LogP contribution in [0.5, 0.6) is 11.5 Å². The molecule has 0 radical (unpaired) electrons. The highest BCUT2D eigenvalue weighted by molar-refractivity contribution is 7.20. The number of carbonyl (C=O) groups is 2. The summed E-state index contributed by atoms with van der Waals surface area (Å²) >= 11 is 2.71. The molecule has 272 valence electrons. The van der Waals surface area contributed by atoms with E-state index < -0.39 is 36.6 Å².